The van der Waals surface area contributed by atoms with Gasteiger partial charge in [-0.3, -0.25) is 4.79 Å². The number of carbonyl (C=O) groups is 2. The fraction of sp³-hybridized carbons (Fsp3) is 0.421. The lowest BCUT2D eigenvalue weighted by molar-refractivity contribution is -0.0980. The van der Waals surface area contributed by atoms with E-state index in [2.05, 4.69) is 20.1 Å². The molecule has 1 aliphatic carbocycles. The highest BCUT2D eigenvalue weighted by molar-refractivity contribution is 7.08. The topological polar surface area (TPSA) is 54.4 Å². The lowest BCUT2D eigenvalue weighted by atomic mass is 9.64. The number of unbranched alkanes of at least 4 members (excludes halogenated alkanes) is 1. The Morgan fingerprint density at radius 2 is 1.70 bits per heavy atom. The van der Waals surface area contributed by atoms with Crippen LogP contribution in [0.3, 0.4) is 0 Å². The minimum absolute atomic E-state index is 0.0729. The van der Waals surface area contributed by atoms with E-state index >= 15 is 0 Å². The molecule has 0 radical (unpaired) electrons. The molecule has 1 aromatic carbocycles. The number of hydrogen-bond acceptors (Lipinski definition) is 4. The van der Waals surface area contributed by atoms with Crippen LogP contribution in [0.4, 0.5) is 4.39 Å². The highest BCUT2D eigenvalue weighted by Gasteiger charge is 2.47. The van der Waals surface area contributed by atoms with Crippen molar-refractivity contribution >= 4 is 35.5 Å². The second kappa shape index (κ2) is 25.5. The molecular weight excluding hydrogens is 591 g/mol. The number of Topliss-reactive ketones (excluding diaryl/α,β-unsaturated/α-hetero) is 1. The highest BCUT2D eigenvalue weighted by Crippen LogP contribution is 2.44. The molecule has 3 rings (SSSR count). The summed E-state index contributed by atoms with van der Waals surface area (Å²) >= 11 is 7.81. The third kappa shape index (κ3) is 15.2. The molecule has 1 aliphatic rings. The summed E-state index contributed by atoms with van der Waals surface area (Å²) < 4.78 is 12.7. The fourth-order valence-corrected chi connectivity index (χ4v) is 5.29. The molecule has 0 spiro atoms. The van der Waals surface area contributed by atoms with Gasteiger partial charge in [0, 0.05) is 17.4 Å². The van der Waals surface area contributed by atoms with Crippen molar-refractivity contribution in [1.29, 1.82) is 0 Å². The molecule has 44 heavy (non-hydrogen) atoms. The molecule has 0 saturated heterocycles. The number of allylic oxidation sites excluding steroid dienone is 7. The van der Waals surface area contributed by atoms with Crippen LogP contribution in [-0.2, 0) is 10.2 Å². The maximum absolute atomic E-state index is 13.1. The van der Waals surface area contributed by atoms with Crippen molar-refractivity contribution in [2.75, 3.05) is 0 Å². The molecule has 6 heteroatoms. The van der Waals surface area contributed by atoms with Crippen LogP contribution in [0.1, 0.15) is 102 Å². The Labute approximate surface area is 276 Å². The van der Waals surface area contributed by atoms with Gasteiger partial charge in [0.25, 0.3) is 0 Å². The zero-order valence-corrected chi connectivity index (χ0v) is 29.2. The smallest absolute Gasteiger partial charge is 0.165 e. The van der Waals surface area contributed by atoms with Crippen LogP contribution in [0.5, 0.6) is 0 Å². The molecule has 0 aliphatic heterocycles. The highest BCUT2D eigenvalue weighted by atomic mass is 35.5. The molecule has 2 aromatic rings. The van der Waals surface area contributed by atoms with Gasteiger partial charge in [0.1, 0.15) is 12.6 Å². The van der Waals surface area contributed by atoms with Crippen molar-refractivity contribution in [2.24, 2.45) is 5.92 Å². The number of halogens is 2. The molecule has 1 N–H and O–H groups in total. The van der Waals surface area contributed by atoms with Crippen LogP contribution in [-0.4, -0.2) is 23.3 Å². The van der Waals surface area contributed by atoms with E-state index < -0.39 is 11.0 Å². The van der Waals surface area contributed by atoms with Crippen molar-refractivity contribution in [1.82, 2.24) is 0 Å². The summed E-state index contributed by atoms with van der Waals surface area (Å²) in [6, 6.07) is 9.06. The van der Waals surface area contributed by atoms with Gasteiger partial charge in [-0.2, -0.15) is 11.3 Å². The van der Waals surface area contributed by atoms with Crippen molar-refractivity contribution in [3.05, 3.63) is 119 Å². The van der Waals surface area contributed by atoms with Crippen molar-refractivity contribution in [2.45, 2.75) is 97.5 Å². The van der Waals surface area contributed by atoms with Gasteiger partial charge in [-0.1, -0.05) is 122 Å². The Balaban J connectivity index is 0. The summed E-state index contributed by atoms with van der Waals surface area (Å²) in [5, 5.41) is 16.1. The van der Waals surface area contributed by atoms with Gasteiger partial charge in [-0.25, -0.2) is 4.39 Å². The van der Waals surface area contributed by atoms with E-state index in [0.29, 0.717) is 17.0 Å². The summed E-state index contributed by atoms with van der Waals surface area (Å²) in [6.45, 7) is 21.2. The average Bonchev–Trinajstić information content (AvgIpc) is 3.73. The molecule has 1 saturated carbocycles. The summed E-state index contributed by atoms with van der Waals surface area (Å²) in [7, 11) is 0. The monoisotopic (exact) mass is 644 g/mol. The number of rotatable bonds is 14. The maximum Gasteiger partial charge on any atom is 0.165 e. The normalized spacial score (nSPS) is 15.0. The predicted molar refractivity (Wildman–Crippen MR) is 192 cm³/mol. The lowest BCUT2D eigenvalue weighted by Crippen LogP contribution is -2.49. The zero-order chi connectivity index (χ0) is 34.0. The quantitative estimate of drug-likeness (QED) is 0.164. The Hall–Kier alpha value is -2.86. The minimum Gasteiger partial charge on any atom is -0.385 e. The van der Waals surface area contributed by atoms with E-state index in [1.54, 1.807) is 59.9 Å². The molecular formula is C38H54ClFO3S. The third-order valence-corrected chi connectivity index (χ3v) is 7.97. The van der Waals surface area contributed by atoms with Gasteiger partial charge >= 0.3 is 0 Å². The second-order valence-electron chi connectivity index (χ2n) is 9.91. The van der Waals surface area contributed by atoms with Crippen molar-refractivity contribution in [3.8, 4) is 0 Å². The molecule has 1 aromatic heterocycles. The van der Waals surface area contributed by atoms with E-state index in [9.17, 15) is 14.3 Å². The molecule has 2 atom stereocenters. The number of benzene rings is 1. The van der Waals surface area contributed by atoms with Crippen LogP contribution in [0.25, 0.3) is 0 Å². The number of carbonyl (C=O) groups excluding carboxylic acids is 2. The van der Waals surface area contributed by atoms with Gasteiger partial charge in [-0.05, 0) is 78.3 Å². The Kier molecular flexibility index (Phi) is 25.0. The van der Waals surface area contributed by atoms with Gasteiger partial charge in [0.2, 0.25) is 0 Å². The van der Waals surface area contributed by atoms with E-state index in [1.807, 2.05) is 70.4 Å². The van der Waals surface area contributed by atoms with Crippen molar-refractivity contribution < 1.29 is 19.1 Å². The molecule has 244 valence electrons. The van der Waals surface area contributed by atoms with E-state index in [1.165, 1.54) is 18.9 Å². The van der Waals surface area contributed by atoms with Crippen LogP contribution in [0.2, 0.25) is 5.02 Å². The standard InChI is InChI=1S/C23H27ClO2S.C10H13F.2C2H6.CH2O/c1-4-6-13-23(26,14-7-5-2)22(3,18-12-15-27-17-18)16-21(25)19-10-8-9-11-20(19)24;1-2-3-4-10(11)8-7-9-5-6-9;3*1-2/h4,6,8-13,15,17,26H,1,5,7,14,16H2,2-3H3;2-4,8-9H,1,5-7H2;2*1-2H3;1H2/b13-6-;4-3-,10-8+;;;. The molecule has 0 bridgehead atoms. The maximum atomic E-state index is 13.1. The van der Waals surface area contributed by atoms with E-state index in [4.69, 9.17) is 16.4 Å². The first-order valence-electron chi connectivity index (χ1n) is 15.5. The number of ketones is 1. The minimum atomic E-state index is -1.17. The number of hydrogen-bond donors (Lipinski definition) is 1. The SMILES string of the molecule is C=C/C=C\C(F)=C/CC1CC1.C=C/C=C\C(O)(CCCC)C(C)(CC(=O)c1ccccc1Cl)c1ccsc1.C=O.CC.CC. The Morgan fingerprint density at radius 3 is 2.20 bits per heavy atom. The van der Waals surface area contributed by atoms with Crippen LogP contribution in [0.15, 0.2) is 103 Å². The largest absolute Gasteiger partial charge is 0.385 e. The first-order chi connectivity index (χ1) is 21.2. The lowest BCUT2D eigenvalue weighted by Gasteiger charge is -2.43. The molecule has 3 nitrogen and oxygen atoms in total. The third-order valence-electron chi connectivity index (χ3n) is 6.96. The van der Waals surface area contributed by atoms with Gasteiger partial charge in [0.05, 0.1) is 10.6 Å². The van der Waals surface area contributed by atoms with Crippen LogP contribution < -0.4 is 0 Å². The summed E-state index contributed by atoms with van der Waals surface area (Å²) in [4.78, 5) is 21.1. The first kappa shape index (κ1) is 43.3. The van der Waals surface area contributed by atoms with Crippen molar-refractivity contribution in [3.63, 3.8) is 0 Å². The van der Waals surface area contributed by atoms with E-state index in [0.717, 1.165) is 30.7 Å². The summed E-state index contributed by atoms with van der Waals surface area (Å²) in [5.41, 5.74) is -0.501. The number of aliphatic hydroxyl groups is 1. The predicted octanol–water partition coefficient (Wildman–Crippen LogP) is 11.8. The number of thiophene rings is 1. The molecule has 1 fully saturated rings. The average molecular weight is 645 g/mol. The molecule has 0 amide bonds. The van der Waals surface area contributed by atoms with Gasteiger partial charge < -0.3 is 9.90 Å². The molecule has 2 unspecified atom stereocenters. The first-order valence-corrected chi connectivity index (χ1v) is 16.8. The van der Waals surface area contributed by atoms with Gasteiger partial charge in [-0.15, -0.1) is 0 Å². The van der Waals surface area contributed by atoms with E-state index in [-0.39, 0.29) is 18.0 Å². The Bertz CT molecular complexity index is 1150. The van der Waals surface area contributed by atoms with Gasteiger partial charge in [0.15, 0.2) is 5.78 Å². The zero-order valence-electron chi connectivity index (χ0n) is 27.7. The van der Waals surface area contributed by atoms with Crippen LogP contribution in [0, 0.1) is 5.92 Å². The fourth-order valence-electron chi connectivity index (χ4n) is 4.26. The second-order valence-corrected chi connectivity index (χ2v) is 11.1. The summed E-state index contributed by atoms with van der Waals surface area (Å²) in [5.74, 6) is 0.547. The Morgan fingerprint density at radius 1 is 1.09 bits per heavy atom. The molecule has 1 heterocycles. The summed E-state index contributed by atoms with van der Waals surface area (Å²) in [6.07, 6.45) is 17.5. The van der Waals surface area contributed by atoms with Crippen LogP contribution >= 0.6 is 22.9 Å².